The van der Waals surface area contributed by atoms with Gasteiger partial charge in [0.25, 0.3) is 11.5 Å². The summed E-state index contributed by atoms with van der Waals surface area (Å²) in [7, 11) is 0. The fourth-order valence-electron chi connectivity index (χ4n) is 2.59. The molecule has 0 aliphatic carbocycles. The number of aromatic amines is 1. The highest BCUT2D eigenvalue weighted by Gasteiger charge is 2.12. The summed E-state index contributed by atoms with van der Waals surface area (Å²) in [6.45, 7) is 0.0618. The van der Waals surface area contributed by atoms with Gasteiger partial charge < -0.3 is 10.4 Å². The molecule has 0 aliphatic heterocycles. The molecule has 0 atom stereocenters. The number of rotatable bonds is 7. The normalized spacial score (nSPS) is 10.5. The third-order valence-corrected chi connectivity index (χ3v) is 4.03. The van der Waals surface area contributed by atoms with Gasteiger partial charge in [-0.25, -0.2) is 10.4 Å². The van der Waals surface area contributed by atoms with Crippen molar-refractivity contribution in [1.29, 1.82) is 5.26 Å². The van der Waals surface area contributed by atoms with Crippen molar-refractivity contribution in [2.75, 3.05) is 18.6 Å². The van der Waals surface area contributed by atoms with Crippen LogP contribution in [-0.2, 0) is 0 Å². The number of carbonyl (C=O) groups excluding carboxylic acids is 1. The first-order chi connectivity index (χ1) is 14.6. The zero-order valence-electron chi connectivity index (χ0n) is 15.8. The van der Waals surface area contributed by atoms with Crippen LogP contribution >= 0.6 is 0 Å². The number of aromatic nitrogens is 2. The average molecular weight is 402 g/mol. The van der Waals surface area contributed by atoms with Crippen LogP contribution in [0.25, 0.3) is 11.3 Å². The Labute approximate surface area is 171 Å². The molecule has 3 rings (SSSR count). The molecule has 0 saturated heterocycles. The van der Waals surface area contributed by atoms with Crippen LogP contribution in [0.15, 0.2) is 64.5 Å². The summed E-state index contributed by atoms with van der Waals surface area (Å²) in [6, 6.07) is 17.5. The van der Waals surface area contributed by atoms with Gasteiger partial charge in [0.05, 0.1) is 18.5 Å². The van der Waals surface area contributed by atoms with E-state index in [1.807, 2.05) is 12.1 Å². The molecule has 0 radical (unpaired) electrons. The van der Waals surface area contributed by atoms with Crippen molar-refractivity contribution < 1.29 is 9.90 Å². The number of nitrogens with one attached hydrogen (secondary N) is 3. The van der Waals surface area contributed by atoms with Crippen LogP contribution in [0.5, 0.6) is 0 Å². The first kappa shape index (κ1) is 20.4. The maximum Gasteiger partial charge on any atom is 0.270 e. The van der Waals surface area contributed by atoms with Crippen LogP contribution in [0.2, 0.25) is 0 Å². The number of nitrogens with zero attached hydrogens (tertiary/aromatic N) is 3. The van der Waals surface area contributed by atoms with Gasteiger partial charge >= 0.3 is 0 Å². The Hall–Kier alpha value is -4.29. The Balaban J connectivity index is 1.75. The topological polar surface area (TPSA) is 143 Å². The monoisotopic (exact) mass is 402 g/mol. The molecule has 1 aromatic heterocycles. The van der Waals surface area contributed by atoms with Crippen molar-refractivity contribution in [2.24, 2.45) is 5.10 Å². The molecule has 0 unspecified atom stereocenters. The molecular formula is C21H18N6O3. The number of carbonyl (C=O) groups is 1. The molecule has 4 N–H and O–H groups in total. The minimum Gasteiger partial charge on any atom is -0.395 e. The molecule has 9 nitrogen and oxygen atoms in total. The van der Waals surface area contributed by atoms with Gasteiger partial charge in [-0.1, -0.05) is 42.5 Å². The highest BCUT2D eigenvalue weighted by atomic mass is 16.3. The standard InChI is InChI=1S/C21H18N6O3/c22-12-17-18(15-4-2-1-3-5-15)25-21(26-20(17)30)27-24-13-14-6-8-16(9-7-14)19(29)23-10-11-28/h1-9,13,28H,10-11H2,(H,23,29)(H2,25,26,27,30). The van der Waals surface area contributed by atoms with Crippen LogP contribution in [0, 0.1) is 11.3 Å². The fourth-order valence-corrected chi connectivity index (χ4v) is 2.59. The molecule has 2 aromatic carbocycles. The second-order valence-electron chi connectivity index (χ2n) is 6.09. The first-order valence-corrected chi connectivity index (χ1v) is 9.00. The molecule has 0 aliphatic rings. The number of aliphatic hydroxyl groups is 1. The minimum absolute atomic E-state index is 0.0780. The molecule has 3 aromatic rings. The summed E-state index contributed by atoms with van der Waals surface area (Å²) in [5.41, 5.74) is 4.07. The van der Waals surface area contributed by atoms with Crippen LogP contribution in [0.3, 0.4) is 0 Å². The maximum atomic E-state index is 12.2. The number of amides is 1. The fraction of sp³-hybridized carbons (Fsp3) is 0.0952. The van der Waals surface area contributed by atoms with Gasteiger partial charge in [0.15, 0.2) is 0 Å². The van der Waals surface area contributed by atoms with Gasteiger partial charge in [-0.05, 0) is 17.7 Å². The number of hydrogen-bond acceptors (Lipinski definition) is 7. The van der Waals surface area contributed by atoms with Crippen LogP contribution < -0.4 is 16.3 Å². The molecule has 0 bridgehead atoms. The summed E-state index contributed by atoms with van der Waals surface area (Å²) in [6.07, 6.45) is 1.50. The van der Waals surface area contributed by atoms with Gasteiger partial charge in [0, 0.05) is 17.7 Å². The SMILES string of the molecule is N#Cc1c(-c2ccccc2)nc(NN=Cc2ccc(C(=O)NCCO)cc2)[nH]c1=O. The van der Waals surface area contributed by atoms with Crippen molar-refractivity contribution >= 4 is 18.1 Å². The Morgan fingerprint density at radius 2 is 1.93 bits per heavy atom. The first-order valence-electron chi connectivity index (χ1n) is 9.00. The lowest BCUT2D eigenvalue weighted by Crippen LogP contribution is -2.26. The summed E-state index contributed by atoms with van der Waals surface area (Å²) in [4.78, 5) is 30.8. The third-order valence-electron chi connectivity index (χ3n) is 4.03. The Morgan fingerprint density at radius 1 is 1.20 bits per heavy atom. The Kier molecular flexibility index (Phi) is 6.66. The second kappa shape index (κ2) is 9.77. The van der Waals surface area contributed by atoms with E-state index in [-0.39, 0.29) is 36.3 Å². The van der Waals surface area contributed by atoms with E-state index in [2.05, 4.69) is 25.8 Å². The molecule has 1 heterocycles. The number of aliphatic hydroxyl groups excluding tert-OH is 1. The summed E-state index contributed by atoms with van der Waals surface area (Å²) >= 11 is 0. The van der Waals surface area contributed by atoms with E-state index >= 15 is 0 Å². The van der Waals surface area contributed by atoms with E-state index in [9.17, 15) is 14.9 Å². The number of nitriles is 1. The third kappa shape index (κ3) is 4.95. The van der Waals surface area contributed by atoms with Crippen LogP contribution in [0.1, 0.15) is 21.5 Å². The number of hydrazone groups is 1. The lowest BCUT2D eigenvalue weighted by atomic mass is 10.1. The average Bonchev–Trinajstić information content (AvgIpc) is 2.78. The lowest BCUT2D eigenvalue weighted by molar-refractivity contribution is 0.0945. The van der Waals surface area contributed by atoms with Gasteiger partial charge in [0.1, 0.15) is 11.6 Å². The molecule has 1 amide bonds. The smallest absolute Gasteiger partial charge is 0.270 e. The van der Waals surface area contributed by atoms with Gasteiger partial charge in [-0.15, -0.1) is 0 Å². The van der Waals surface area contributed by atoms with Crippen LogP contribution in [-0.4, -0.2) is 40.3 Å². The Bertz CT molecular complexity index is 1150. The van der Waals surface area contributed by atoms with Gasteiger partial charge in [0.2, 0.25) is 5.95 Å². The van der Waals surface area contributed by atoms with Crippen molar-refractivity contribution in [2.45, 2.75) is 0 Å². The molecule has 0 fully saturated rings. The van der Waals surface area contributed by atoms with Gasteiger partial charge in [-0.3, -0.25) is 14.6 Å². The highest BCUT2D eigenvalue weighted by molar-refractivity contribution is 5.95. The lowest BCUT2D eigenvalue weighted by Gasteiger charge is -2.06. The molecule has 0 saturated carbocycles. The van der Waals surface area contributed by atoms with E-state index in [1.165, 1.54) is 6.21 Å². The molecule has 9 heteroatoms. The Morgan fingerprint density at radius 3 is 2.60 bits per heavy atom. The van der Waals surface area contributed by atoms with E-state index in [4.69, 9.17) is 5.11 Å². The largest absolute Gasteiger partial charge is 0.395 e. The zero-order chi connectivity index (χ0) is 21.3. The van der Waals surface area contributed by atoms with Gasteiger partial charge in [-0.2, -0.15) is 10.4 Å². The predicted octanol–water partition coefficient (Wildman–Crippen LogP) is 1.48. The van der Waals surface area contributed by atoms with E-state index in [0.29, 0.717) is 16.7 Å². The molecular weight excluding hydrogens is 384 g/mol. The van der Waals surface area contributed by atoms with Crippen molar-refractivity contribution in [3.8, 4) is 17.3 Å². The van der Waals surface area contributed by atoms with E-state index in [0.717, 1.165) is 0 Å². The van der Waals surface area contributed by atoms with Crippen molar-refractivity contribution in [3.05, 3.63) is 81.6 Å². The zero-order valence-corrected chi connectivity index (χ0v) is 15.8. The number of anilines is 1. The number of H-pyrrole nitrogens is 1. The van der Waals surface area contributed by atoms with Crippen molar-refractivity contribution in [3.63, 3.8) is 0 Å². The molecule has 30 heavy (non-hydrogen) atoms. The summed E-state index contributed by atoms with van der Waals surface area (Å²) < 4.78 is 0. The minimum atomic E-state index is -0.567. The number of hydrogen-bond donors (Lipinski definition) is 4. The molecule has 0 spiro atoms. The van der Waals surface area contributed by atoms with Crippen LogP contribution in [0.4, 0.5) is 5.95 Å². The highest BCUT2D eigenvalue weighted by Crippen LogP contribution is 2.19. The summed E-state index contributed by atoms with van der Waals surface area (Å²) in [5, 5.41) is 24.6. The second-order valence-corrected chi connectivity index (χ2v) is 6.09. The van der Waals surface area contributed by atoms with Crippen molar-refractivity contribution in [1.82, 2.24) is 15.3 Å². The molecule has 150 valence electrons. The quantitative estimate of drug-likeness (QED) is 0.348. The van der Waals surface area contributed by atoms with E-state index < -0.39 is 5.56 Å². The summed E-state index contributed by atoms with van der Waals surface area (Å²) in [5.74, 6) is -0.187. The van der Waals surface area contributed by atoms with E-state index in [1.54, 1.807) is 48.5 Å². The predicted molar refractivity (Wildman–Crippen MR) is 112 cm³/mol. The number of benzene rings is 2. The maximum absolute atomic E-state index is 12.2.